The molecule has 0 aliphatic carbocycles. The summed E-state index contributed by atoms with van der Waals surface area (Å²) in [7, 11) is -3.75. The number of urea groups is 1. The number of benzene rings is 1. The second kappa shape index (κ2) is 6.40. The first-order valence-electron chi connectivity index (χ1n) is 7.77. The van der Waals surface area contributed by atoms with E-state index in [0.717, 1.165) is 4.90 Å². The van der Waals surface area contributed by atoms with Gasteiger partial charge in [-0.25, -0.2) is 13.2 Å². The SMILES string of the molecule is CCOc1ccccc1S(=O)(=O)N1CCC(N2C(=O)CNC2=O)C1. The lowest BCUT2D eigenvalue weighted by atomic mass is 10.2. The predicted octanol–water partition coefficient (Wildman–Crippen LogP) is 0.400. The largest absolute Gasteiger partial charge is 0.492 e. The third-order valence-corrected chi connectivity index (χ3v) is 6.04. The number of amides is 3. The summed E-state index contributed by atoms with van der Waals surface area (Å²) in [4.78, 5) is 24.8. The van der Waals surface area contributed by atoms with Crippen LogP contribution < -0.4 is 10.1 Å². The molecule has 130 valence electrons. The van der Waals surface area contributed by atoms with Crippen LogP contribution in [0, 0.1) is 0 Å². The zero-order valence-electron chi connectivity index (χ0n) is 13.3. The Bertz CT molecular complexity index is 748. The van der Waals surface area contributed by atoms with Crippen molar-refractivity contribution in [2.45, 2.75) is 24.3 Å². The van der Waals surface area contributed by atoms with Gasteiger partial charge in [0.25, 0.3) is 0 Å². The van der Waals surface area contributed by atoms with Crippen LogP contribution in [0.1, 0.15) is 13.3 Å². The molecule has 2 saturated heterocycles. The van der Waals surface area contributed by atoms with Crippen molar-refractivity contribution in [3.8, 4) is 5.75 Å². The molecule has 2 aliphatic rings. The smallest absolute Gasteiger partial charge is 0.324 e. The second-order valence-corrected chi connectivity index (χ2v) is 7.51. The maximum atomic E-state index is 12.9. The minimum Gasteiger partial charge on any atom is -0.492 e. The summed E-state index contributed by atoms with van der Waals surface area (Å²) in [6.45, 7) is 2.46. The zero-order valence-corrected chi connectivity index (χ0v) is 14.1. The molecule has 0 bridgehead atoms. The summed E-state index contributed by atoms with van der Waals surface area (Å²) in [6.07, 6.45) is 0.426. The van der Waals surface area contributed by atoms with Crippen LogP contribution in [0.5, 0.6) is 5.75 Å². The van der Waals surface area contributed by atoms with Crippen molar-refractivity contribution in [2.75, 3.05) is 26.2 Å². The molecule has 1 aromatic rings. The van der Waals surface area contributed by atoms with Crippen molar-refractivity contribution in [1.82, 2.24) is 14.5 Å². The summed E-state index contributed by atoms with van der Waals surface area (Å²) in [6, 6.07) is 5.57. The molecule has 3 amide bonds. The number of carbonyl (C=O) groups is 2. The molecule has 8 nitrogen and oxygen atoms in total. The van der Waals surface area contributed by atoms with Gasteiger partial charge in [-0.2, -0.15) is 4.31 Å². The van der Waals surface area contributed by atoms with Crippen LogP contribution in [0.2, 0.25) is 0 Å². The first-order valence-corrected chi connectivity index (χ1v) is 9.21. The van der Waals surface area contributed by atoms with Gasteiger partial charge in [0.1, 0.15) is 10.6 Å². The monoisotopic (exact) mass is 353 g/mol. The van der Waals surface area contributed by atoms with E-state index in [2.05, 4.69) is 5.32 Å². The van der Waals surface area contributed by atoms with E-state index in [1.807, 2.05) is 0 Å². The highest BCUT2D eigenvalue weighted by atomic mass is 32.2. The highest BCUT2D eigenvalue weighted by molar-refractivity contribution is 7.89. The van der Waals surface area contributed by atoms with Crippen LogP contribution in [0.3, 0.4) is 0 Å². The number of ether oxygens (including phenoxy) is 1. The quantitative estimate of drug-likeness (QED) is 0.773. The van der Waals surface area contributed by atoms with Crippen molar-refractivity contribution in [1.29, 1.82) is 0 Å². The van der Waals surface area contributed by atoms with Crippen LogP contribution in [0.25, 0.3) is 0 Å². The lowest BCUT2D eigenvalue weighted by Gasteiger charge is -2.22. The molecular weight excluding hydrogens is 334 g/mol. The van der Waals surface area contributed by atoms with Gasteiger partial charge in [0, 0.05) is 13.1 Å². The number of nitrogens with one attached hydrogen (secondary N) is 1. The molecule has 0 spiro atoms. The summed E-state index contributed by atoms with van der Waals surface area (Å²) in [5.41, 5.74) is 0. The van der Waals surface area contributed by atoms with Gasteiger partial charge in [-0.05, 0) is 25.5 Å². The second-order valence-electron chi connectivity index (χ2n) is 5.61. The normalized spacial score (nSPS) is 22.0. The topological polar surface area (TPSA) is 96.0 Å². The lowest BCUT2D eigenvalue weighted by Crippen LogP contribution is -2.42. The highest BCUT2D eigenvalue weighted by Gasteiger charge is 2.42. The molecule has 9 heteroatoms. The summed E-state index contributed by atoms with van der Waals surface area (Å²) < 4.78 is 32.5. The molecule has 2 heterocycles. The number of sulfonamides is 1. The Kier molecular flexibility index (Phi) is 4.46. The van der Waals surface area contributed by atoms with E-state index < -0.39 is 22.1 Å². The van der Waals surface area contributed by atoms with E-state index in [1.165, 1.54) is 10.4 Å². The maximum Gasteiger partial charge on any atom is 0.324 e. The van der Waals surface area contributed by atoms with E-state index >= 15 is 0 Å². The molecule has 1 N–H and O–H groups in total. The Morgan fingerprint density at radius 3 is 2.71 bits per heavy atom. The molecule has 2 aliphatic heterocycles. The molecule has 0 aromatic heterocycles. The predicted molar refractivity (Wildman–Crippen MR) is 85.0 cm³/mol. The molecule has 1 atom stereocenters. The number of hydrogen-bond acceptors (Lipinski definition) is 5. The Morgan fingerprint density at radius 1 is 1.29 bits per heavy atom. The first kappa shape index (κ1) is 16.7. The van der Waals surface area contributed by atoms with Crippen molar-refractivity contribution in [3.63, 3.8) is 0 Å². The third kappa shape index (κ3) is 2.84. The number of imide groups is 1. The van der Waals surface area contributed by atoms with E-state index in [-0.39, 0.29) is 30.4 Å². The van der Waals surface area contributed by atoms with E-state index in [9.17, 15) is 18.0 Å². The first-order chi connectivity index (χ1) is 11.4. The fourth-order valence-corrected chi connectivity index (χ4v) is 4.65. The van der Waals surface area contributed by atoms with Crippen molar-refractivity contribution in [3.05, 3.63) is 24.3 Å². The lowest BCUT2D eigenvalue weighted by molar-refractivity contribution is -0.126. The molecule has 3 rings (SSSR count). The minimum atomic E-state index is -3.75. The number of carbonyl (C=O) groups excluding carboxylic acids is 2. The van der Waals surface area contributed by atoms with E-state index in [1.54, 1.807) is 25.1 Å². The summed E-state index contributed by atoms with van der Waals surface area (Å²) in [5, 5.41) is 2.46. The minimum absolute atomic E-state index is 0.0325. The molecule has 2 fully saturated rings. The number of hydrogen-bond donors (Lipinski definition) is 1. The fraction of sp³-hybridized carbons (Fsp3) is 0.467. The maximum absolute atomic E-state index is 12.9. The third-order valence-electron chi connectivity index (χ3n) is 4.14. The molecule has 0 saturated carbocycles. The molecular formula is C15H19N3O5S. The molecule has 1 aromatic carbocycles. The Balaban J connectivity index is 1.82. The van der Waals surface area contributed by atoms with Gasteiger partial charge in [-0.1, -0.05) is 12.1 Å². The van der Waals surface area contributed by atoms with Gasteiger partial charge in [-0.15, -0.1) is 0 Å². The van der Waals surface area contributed by atoms with E-state index in [0.29, 0.717) is 18.8 Å². The molecule has 1 unspecified atom stereocenters. The standard InChI is InChI=1S/C15H19N3O5S/c1-2-23-12-5-3-4-6-13(12)24(21,22)17-8-7-11(10-17)18-14(19)9-16-15(18)20/h3-6,11H,2,7-10H2,1H3,(H,16,20). The van der Waals surface area contributed by atoms with E-state index in [4.69, 9.17) is 4.74 Å². The van der Waals surface area contributed by atoms with Gasteiger partial charge in [0.05, 0.1) is 19.2 Å². The zero-order chi connectivity index (χ0) is 17.3. The van der Waals surface area contributed by atoms with Crippen LogP contribution >= 0.6 is 0 Å². The Labute approximate surface area is 140 Å². The molecule has 24 heavy (non-hydrogen) atoms. The van der Waals surface area contributed by atoms with Crippen LogP contribution in [-0.2, 0) is 14.8 Å². The fourth-order valence-electron chi connectivity index (χ4n) is 3.02. The van der Waals surface area contributed by atoms with Crippen molar-refractivity contribution in [2.24, 2.45) is 0 Å². The Hall–Kier alpha value is -2.13. The van der Waals surface area contributed by atoms with Gasteiger partial charge in [0.15, 0.2) is 0 Å². The van der Waals surface area contributed by atoms with Crippen molar-refractivity contribution >= 4 is 22.0 Å². The summed E-state index contributed by atoms with van der Waals surface area (Å²) >= 11 is 0. The average Bonchev–Trinajstić information content (AvgIpc) is 3.15. The van der Waals surface area contributed by atoms with Gasteiger partial charge in [-0.3, -0.25) is 9.69 Å². The van der Waals surface area contributed by atoms with Crippen molar-refractivity contribution < 1.29 is 22.7 Å². The van der Waals surface area contributed by atoms with Gasteiger partial charge < -0.3 is 10.1 Å². The van der Waals surface area contributed by atoms with Gasteiger partial charge >= 0.3 is 6.03 Å². The Morgan fingerprint density at radius 2 is 2.04 bits per heavy atom. The summed E-state index contributed by atoms with van der Waals surface area (Å²) in [5.74, 6) is -0.0163. The van der Waals surface area contributed by atoms with Gasteiger partial charge in [0.2, 0.25) is 15.9 Å². The molecule has 0 radical (unpaired) electrons. The van der Waals surface area contributed by atoms with Crippen LogP contribution in [0.15, 0.2) is 29.2 Å². The number of rotatable bonds is 5. The number of nitrogens with zero attached hydrogens (tertiary/aromatic N) is 2. The average molecular weight is 353 g/mol. The number of para-hydroxylation sites is 1. The van der Waals surface area contributed by atoms with Crippen LogP contribution in [0.4, 0.5) is 4.79 Å². The van der Waals surface area contributed by atoms with Crippen LogP contribution in [-0.4, -0.2) is 61.8 Å². The highest BCUT2D eigenvalue weighted by Crippen LogP contribution is 2.30.